The van der Waals surface area contributed by atoms with Crippen molar-refractivity contribution in [3.8, 4) is 0 Å². The molecule has 5 nitrogen and oxygen atoms in total. The molecule has 21 heavy (non-hydrogen) atoms. The van der Waals surface area contributed by atoms with Crippen molar-refractivity contribution >= 4 is 5.96 Å². The molecule has 0 spiro atoms. The summed E-state index contributed by atoms with van der Waals surface area (Å²) in [6, 6.07) is 0. The molecule has 1 unspecified atom stereocenters. The number of hydrogen-bond donors (Lipinski definition) is 3. The molecule has 0 aromatic rings. The Bertz CT molecular complexity index is 296. The van der Waals surface area contributed by atoms with E-state index in [1.807, 2.05) is 6.92 Å². The third-order valence-electron chi connectivity index (χ3n) is 3.83. The Hall–Kier alpha value is -0.810. The lowest BCUT2D eigenvalue weighted by Crippen LogP contribution is -2.42. The van der Waals surface area contributed by atoms with Crippen molar-refractivity contribution in [1.82, 2.24) is 10.6 Å². The van der Waals surface area contributed by atoms with Gasteiger partial charge in [-0.1, -0.05) is 26.7 Å². The molecule has 3 N–H and O–H groups in total. The van der Waals surface area contributed by atoms with Crippen LogP contribution in [0.15, 0.2) is 4.99 Å². The van der Waals surface area contributed by atoms with Crippen LogP contribution in [-0.2, 0) is 4.74 Å². The molecule has 1 heterocycles. The summed E-state index contributed by atoms with van der Waals surface area (Å²) in [5, 5.41) is 17.2. The monoisotopic (exact) mass is 299 g/mol. The quantitative estimate of drug-likeness (QED) is 0.450. The van der Waals surface area contributed by atoms with Crippen molar-refractivity contribution in [2.45, 2.75) is 71.0 Å². The highest BCUT2D eigenvalue weighted by atomic mass is 16.5. The normalized spacial score (nSPS) is 19.8. The van der Waals surface area contributed by atoms with E-state index in [1.54, 1.807) is 0 Å². The van der Waals surface area contributed by atoms with Crippen LogP contribution in [0.1, 0.15) is 59.3 Å². The number of nitrogens with one attached hydrogen (secondary N) is 2. The number of nitrogens with zero attached hydrogens (tertiary/aromatic N) is 1. The van der Waals surface area contributed by atoms with E-state index >= 15 is 0 Å². The second-order valence-corrected chi connectivity index (χ2v) is 5.94. The first-order chi connectivity index (χ1) is 10.1. The van der Waals surface area contributed by atoms with Crippen LogP contribution in [0, 0.1) is 0 Å². The third kappa shape index (κ3) is 7.14. The van der Waals surface area contributed by atoms with Gasteiger partial charge >= 0.3 is 0 Å². The Labute approximate surface area is 129 Å². The molecule has 124 valence electrons. The molecule has 0 amide bonds. The average molecular weight is 299 g/mol. The zero-order chi connectivity index (χ0) is 15.6. The highest BCUT2D eigenvalue weighted by Gasteiger charge is 2.24. The van der Waals surface area contributed by atoms with Gasteiger partial charge in [0.05, 0.1) is 18.2 Å². The summed E-state index contributed by atoms with van der Waals surface area (Å²) >= 11 is 0. The van der Waals surface area contributed by atoms with Crippen LogP contribution in [-0.4, -0.2) is 49.0 Å². The molecule has 1 atom stereocenters. The van der Waals surface area contributed by atoms with Crippen LogP contribution in [0.2, 0.25) is 0 Å². The topological polar surface area (TPSA) is 65.9 Å². The number of ether oxygens (including phenoxy) is 1. The van der Waals surface area contributed by atoms with Gasteiger partial charge in [0.15, 0.2) is 5.96 Å². The van der Waals surface area contributed by atoms with Gasteiger partial charge in [0.2, 0.25) is 0 Å². The summed E-state index contributed by atoms with van der Waals surface area (Å²) in [5.74, 6) is 0.777. The molecule has 0 aromatic carbocycles. The van der Waals surface area contributed by atoms with Crippen molar-refractivity contribution in [3.05, 3.63) is 0 Å². The van der Waals surface area contributed by atoms with Crippen molar-refractivity contribution in [1.29, 1.82) is 0 Å². The van der Waals surface area contributed by atoms with E-state index in [9.17, 15) is 5.11 Å². The van der Waals surface area contributed by atoms with Gasteiger partial charge in [-0.3, -0.25) is 4.99 Å². The molecule has 1 saturated heterocycles. The van der Waals surface area contributed by atoms with Gasteiger partial charge < -0.3 is 20.5 Å². The Balaban J connectivity index is 2.51. The lowest BCUT2D eigenvalue weighted by atomic mass is 9.93. The largest absolute Gasteiger partial charge is 0.388 e. The molecular weight excluding hydrogens is 266 g/mol. The van der Waals surface area contributed by atoms with Gasteiger partial charge in [-0.05, 0) is 32.6 Å². The summed E-state index contributed by atoms with van der Waals surface area (Å²) in [4.78, 5) is 4.57. The zero-order valence-corrected chi connectivity index (χ0v) is 14.0. The van der Waals surface area contributed by atoms with E-state index in [0.717, 1.165) is 64.2 Å². The lowest BCUT2D eigenvalue weighted by Gasteiger charge is -2.26. The van der Waals surface area contributed by atoms with E-state index in [0.29, 0.717) is 12.6 Å². The van der Waals surface area contributed by atoms with Crippen LogP contribution in [0.25, 0.3) is 0 Å². The number of aliphatic hydroxyl groups is 1. The maximum Gasteiger partial charge on any atom is 0.191 e. The van der Waals surface area contributed by atoms with E-state index in [2.05, 4.69) is 29.5 Å². The molecular formula is C16H33N3O2. The summed E-state index contributed by atoms with van der Waals surface area (Å²) in [6.07, 6.45) is 6.11. The summed E-state index contributed by atoms with van der Waals surface area (Å²) in [6.45, 7) is 9.18. The second kappa shape index (κ2) is 10.0. The molecule has 1 fully saturated rings. The molecule has 1 aliphatic heterocycles. The minimum atomic E-state index is -0.671. The van der Waals surface area contributed by atoms with Crippen molar-refractivity contribution in [3.63, 3.8) is 0 Å². The third-order valence-corrected chi connectivity index (χ3v) is 3.83. The second-order valence-electron chi connectivity index (χ2n) is 5.94. The first kappa shape index (κ1) is 18.2. The van der Waals surface area contributed by atoms with Crippen LogP contribution < -0.4 is 10.6 Å². The first-order valence-corrected chi connectivity index (χ1v) is 8.49. The van der Waals surface area contributed by atoms with E-state index in [-0.39, 0.29) is 0 Å². The molecule has 1 rings (SSSR count). The molecule has 1 aliphatic rings. The minimum Gasteiger partial charge on any atom is -0.388 e. The van der Waals surface area contributed by atoms with Crippen molar-refractivity contribution < 1.29 is 9.84 Å². The Kier molecular flexibility index (Phi) is 8.69. The molecule has 5 heteroatoms. The van der Waals surface area contributed by atoms with Gasteiger partial charge in [-0.15, -0.1) is 0 Å². The number of rotatable bonds is 9. The molecule has 0 saturated carbocycles. The Morgan fingerprint density at radius 1 is 1.24 bits per heavy atom. The van der Waals surface area contributed by atoms with Gasteiger partial charge in [0.1, 0.15) is 0 Å². The van der Waals surface area contributed by atoms with E-state index < -0.39 is 5.60 Å². The number of hydrogen-bond acceptors (Lipinski definition) is 3. The first-order valence-electron chi connectivity index (χ1n) is 8.49. The highest BCUT2D eigenvalue weighted by molar-refractivity contribution is 5.79. The average Bonchev–Trinajstić information content (AvgIpc) is 2.96. The fraction of sp³-hybridized carbons (Fsp3) is 0.938. The maximum absolute atomic E-state index is 10.6. The minimum absolute atomic E-state index is 0.291. The summed E-state index contributed by atoms with van der Waals surface area (Å²) in [5.41, 5.74) is -0.671. The molecule has 0 bridgehead atoms. The maximum atomic E-state index is 10.6. The Morgan fingerprint density at radius 3 is 2.48 bits per heavy atom. The van der Waals surface area contributed by atoms with Gasteiger partial charge in [-0.2, -0.15) is 0 Å². The smallest absolute Gasteiger partial charge is 0.191 e. The van der Waals surface area contributed by atoms with Gasteiger partial charge in [0.25, 0.3) is 0 Å². The van der Waals surface area contributed by atoms with Gasteiger partial charge in [-0.25, -0.2) is 0 Å². The standard InChI is InChI=1S/C16H33N3O2/c1-4-9-16(20,10-5-2)13-19-15(17-6-3)18-12-14-8-7-11-21-14/h14,20H,4-13H2,1-3H3,(H2,17,18,19). The van der Waals surface area contributed by atoms with Crippen molar-refractivity contribution in [2.75, 3.05) is 26.2 Å². The van der Waals surface area contributed by atoms with Crippen LogP contribution in [0.3, 0.4) is 0 Å². The fourth-order valence-corrected chi connectivity index (χ4v) is 2.80. The number of guanidine groups is 1. The molecule has 0 aliphatic carbocycles. The predicted octanol–water partition coefficient (Wildman–Crippen LogP) is 2.05. The van der Waals surface area contributed by atoms with Crippen LogP contribution in [0.5, 0.6) is 0 Å². The van der Waals surface area contributed by atoms with Crippen LogP contribution in [0.4, 0.5) is 0 Å². The SMILES string of the molecule is CCCC(O)(CCC)CN=C(NCC)NCC1CCCO1. The van der Waals surface area contributed by atoms with Crippen molar-refractivity contribution in [2.24, 2.45) is 4.99 Å². The van der Waals surface area contributed by atoms with Gasteiger partial charge in [0, 0.05) is 19.7 Å². The lowest BCUT2D eigenvalue weighted by molar-refractivity contribution is 0.0305. The molecule has 0 aromatic heterocycles. The molecule has 0 radical (unpaired) electrons. The highest BCUT2D eigenvalue weighted by Crippen LogP contribution is 2.19. The zero-order valence-electron chi connectivity index (χ0n) is 14.0. The van der Waals surface area contributed by atoms with E-state index in [4.69, 9.17) is 4.74 Å². The predicted molar refractivity (Wildman–Crippen MR) is 87.7 cm³/mol. The number of aliphatic imine (C=N–C) groups is 1. The summed E-state index contributed by atoms with van der Waals surface area (Å²) in [7, 11) is 0. The fourth-order valence-electron chi connectivity index (χ4n) is 2.80. The van der Waals surface area contributed by atoms with Crippen LogP contribution >= 0.6 is 0 Å². The van der Waals surface area contributed by atoms with E-state index in [1.165, 1.54) is 0 Å². The Morgan fingerprint density at radius 2 is 1.95 bits per heavy atom. The summed E-state index contributed by atoms with van der Waals surface area (Å²) < 4.78 is 5.61.